The van der Waals surface area contributed by atoms with Crippen molar-refractivity contribution in [2.75, 3.05) is 0 Å². The predicted molar refractivity (Wildman–Crippen MR) is 117 cm³/mol. The molecule has 0 fully saturated rings. The largest absolute Gasteiger partial charge is 0.313 e. The van der Waals surface area contributed by atoms with Gasteiger partial charge >= 0.3 is 0 Å². The molecule has 5 rings (SSSR count). The predicted octanol–water partition coefficient (Wildman–Crippen LogP) is 7.04. The fourth-order valence-corrected chi connectivity index (χ4v) is 3.73. The number of benzene rings is 2. The zero-order valence-electron chi connectivity index (χ0n) is 15.8. The summed E-state index contributed by atoms with van der Waals surface area (Å²) in [5, 5.41) is 1.33. The van der Waals surface area contributed by atoms with Gasteiger partial charge in [-0.25, -0.2) is 0 Å². The Labute approximate surface area is 161 Å². The number of hydrogen-bond acceptors (Lipinski definition) is 0. The molecule has 2 aliphatic rings. The molecule has 1 aromatic heterocycles. The quantitative estimate of drug-likeness (QED) is 0.443. The minimum atomic E-state index is 0.964. The van der Waals surface area contributed by atoms with E-state index in [0.29, 0.717) is 0 Å². The van der Waals surface area contributed by atoms with Crippen molar-refractivity contribution in [3.05, 3.63) is 108 Å². The maximum absolute atomic E-state index is 2.38. The summed E-state index contributed by atoms with van der Waals surface area (Å²) in [6.07, 6.45) is 18.8. The van der Waals surface area contributed by atoms with Crippen LogP contribution in [0.25, 0.3) is 22.7 Å². The van der Waals surface area contributed by atoms with Gasteiger partial charge in [0.25, 0.3) is 0 Å². The van der Waals surface area contributed by atoms with E-state index in [1.807, 2.05) is 0 Å². The standard InChI is InChI=1S/C19H15N.C7H10/c1-3-9-15(10-4-1)20-18-13-6-2-5-11-16(18)17-12-7-8-14-19(17)20;1-7-5-3-2-4-6-7/h1-12,14H,13H2;3,5-6H,2,4H2,1H3. The Kier molecular flexibility index (Phi) is 5.20. The SMILES string of the molecule is C1=CCc2c(c3ccccc3n2-c2ccccc2)C=C1.CC1=CCCC=C1. The maximum Gasteiger partial charge on any atom is 0.0537 e. The number of para-hydroxylation sites is 2. The second-order valence-electron chi connectivity index (χ2n) is 6.97. The summed E-state index contributed by atoms with van der Waals surface area (Å²) < 4.78 is 2.38. The molecule has 2 aromatic carbocycles. The molecule has 0 unspecified atom stereocenters. The van der Waals surface area contributed by atoms with E-state index in [2.05, 4.69) is 109 Å². The van der Waals surface area contributed by atoms with Gasteiger partial charge in [-0.2, -0.15) is 0 Å². The molecule has 0 aliphatic heterocycles. The van der Waals surface area contributed by atoms with Crippen LogP contribution in [0.2, 0.25) is 0 Å². The van der Waals surface area contributed by atoms with Crippen molar-refractivity contribution in [1.29, 1.82) is 0 Å². The molecule has 134 valence electrons. The van der Waals surface area contributed by atoms with E-state index in [1.165, 1.54) is 46.3 Å². The molecule has 2 aliphatic carbocycles. The van der Waals surface area contributed by atoms with Crippen LogP contribution in [0.5, 0.6) is 0 Å². The fraction of sp³-hybridized carbons (Fsp3) is 0.154. The lowest BCUT2D eigenvalue weighted by Gasteiger charge is -2.10. The zero-order chi connectivity index (χ0) is 18.5. The van der Waals surface area contributed by atoms with E-state index in [9.17, 15) is 0 Å². The van der Waals surface area contributed by atoms with Crippen molar-refractivity contribution in [2.45, 2.75) is 26.2 Å². The number of rotatable bonds is 1. The number of fused-ring (bicyclic) bond motifs is 3. The third kappa shape index (κ3) is 3.73. The van der Waals surface area contributed by atoms with Crippen molar-refractivity contribution in [1.82, 2.24) is 4.57 Å². The van der Waals surface area contributed by atoms with Crippen LogP contribution in [-0.2, 0) is 6.42 Å². The second-order valence-corrected chi connectivity index (χ2v) is 6.97. The van der Waals surface area contributed by atoms with Gasteiger partial charge in [0.2, 0.25) is 0 Å². The summed E-state index contributed by atoms with van der Waals surface area (Å²) >= 11 is 0. The molecular weight excluding hydrogens is 326 g/mol. The number of aromatic nitrogens is 1. The number of nitrogens with zero attached hydrogens (tertiary/aromatic N) is 1. The highest BCUT2D eigenvalue weighted by atomic mass is 15.0. The minimum absolute atomic E-state index is 0.964. The Hall–Kier alpha value is -3.06. The van der Waals surface area contributed by atoms with Crippen LogP contribution in [0.15, 0.2) is 96.6 Å². The minimum Gasteiger partial charge on any atom is -0.313 e. The monoisotopic (exact) mass is 351 g/mol. The summed E-state index contributed by atoms with van der Waals surface area (Å²) in [7, 11) is 0. The van der Waals surface area contributed by atoms with Crippen molar-refractivity contribution in [3.63, 3.8) is 0 Å². The molecule has 1 heteroatoms. The Morgan fingerprint density at radius 2 is 1.59 bits per heavy atom. The van der Waals surface area contributed by atoms with Gasteiger partial charge in [0.1, 0.15) is 0 Å². The summed E-state index contributed by atoms with van der Waals surface area (Å²) in [5.41, 5.74) is 6.63. The third-order valence-corrected chi connectivity index (χ3v) is 5.03. The topological polar surface area (TPSA) is 4.93 Å². The van der Waals surface area contributed by atoms with Crippen LogP contribution in [0.3, 0.4) is 0 Å². The molecule has 1 nitrogen and oxygen atoms in total. The van der Waals surface area contributed by atoms with E-state index in [4.69, 9.17) is 0 Å². The molecule has 27 heavy (non-hydrogen) atoms. The van der Waals surface area contributed by atoms with Crippen LogP contribution < -0.4 is 0 Å². The van der Waals surface area contributed by atoms with Gasteiger partial charge in [0, 0.05) is 28.8 Å². The average molecular weight is 351 g/mol. The molecule has 0 spiro atoms. The van der Waals surface area contributed by atoms with Gasteiger partial charge in [-0.3, -0.25) is 0 Å². The zero-order valence-corrected chi connectivity index (χ0v) is 15.8. The van der Waals surface area contributed by atoms with Crippen LogP contribution in [-0.4, -0.2) is 4.57 Å². The van der Waals surface area contributed by atoms with Crippen molar-refractivity contribution >= 4 is 17.0 Å². The van der Waals surface area contributed by atoms with Gasteiger partial charge in [0.05, 0.1) is 5.52 Å². The average Bonchev–Trinajstić information content (AvgIpc) is 2.86. The molecule has 0 saturated carbocycles. The van der Waals surface area contributed by atoms with Gasteiger partial charge in [0.15, 0.2) is 0 Å². The first-order chi connectivity index (χ1) is 13.3. The molecule has 0 atom stereocenters. The van der Waals surface area contributed by atoms with Crippen LogP contribution >= 0.6 is 0 Å². The lowest BCUT2D eigenvalue weighted by Crippen LogP contribution is -1.99. The highest BCUT2D eigenvalue weighted by molar-refractivity contribution is 5.93. The second kappa shape index (κ2) is 8.09. The Balaban J connectivity index is 0.000000218. The molecular formula is C26H25N. The van der Waals surface area contributed by atoms with Crippen LogP contribution in [0, 0.1) is 0 Å². The maximum atomic E-state index is 2.38. The Morgan fingerprint density at radius 3 is 2.33 bits per heavy atom. The summed E-state index contributed by atoms with van der Waals surface area (Å²) in [6.45, 7) is 2.13. The molecule has 0 amide bonds. The first-order valence-electron chi connectivity index (χ1n) is 9.69. The number of allylic oxidation sites excluding steroid dienone is 7. The van der Waals surface area contributed by atoms with Gasteiger partial charge < -0.3 is 4.57 Å². The highest BCUT2D eigenvalue weighted by Crippen LogP contribution is 2.32. The highest BCUT2D eigenvalue weighted by Gasteiger charge is 2.15. The molecule has 0 bridgehead atoms. The lowest BCUT2D eigenvalue weighted by atomic mass is 10.1. The van der Waals surface area contributed by atoms with Crippen LogP contribution in [0.1, 0.15) is 31.0 Å². The summed E-state index contributed by atoms with van der Waals surface area (Å²) in [4.78, 5) is 0. The van der Waals surface area contributed by atoms with E-state index in [1.54, 1.807) is 0 Å². The van der Waals surface area contributed by atoms with Crippen LogP contribution in [0.4, 0.5) is 0 Å². The van der Waals surface area contributed by atoms with Gasteiger partial charge in [-0.15, -0.1) is 0 Å². The van der Waals surface area contributed by atoms with E-state index in [0.717, 1.165) is 6.42 Å². The third-order valence-electron chi connectivity index (χ3n) is 5.03. The van der Waals surface area contributed by atoms with Crippen molar-refractivity contribution in [3.8, 4) is 5.69 Å². The molecule has 0 radical (unpaired) electrons. The molecule has 3 aromatic rings. The summed E-state index contributed by atoms with van der Waals surface area (Å²) in [6, 6.07) is 19.2. The van der Waals surface area contributed by atoms with Crippen molar-refractivity contribution < 1.29 is 0 Å². The first kappa shape index (κ1) is 17.4. The lowest BCUT2D eigenvalue weighted by molar-refractivity contribution is 1.00. The summed E-state index contributed by atoms with van der Waals surface area (Å²) in [5.74, 6) is 0. The van der Waals surface area contributed by atoms with Gasteiger partial charge in [-0.1, -0.05) is 84.5 Å². The first-order valence-corrected chi connectivity index (χ1v) is 9.69. The van der Waals surface area contributed by atoms with E-state index >= 15 is 0 Å². The molecule has 0 saturated heterocycles. The van der Waals surface area contributed by atoms with Gasteiger partial charge in [-0.05, 0) is 38.0 Å². The number of hydrogen-bond donors (Lipinski definition) is 0. The smallest absolute Gasteiger partial charge is 0.0537 e. The molecule has 1 heterocycles. The fourth-order valence-electron chi connectivity index (χ4n) is 3.73. The van der Waals surface area contributed by atoms with Crippen molar-refractivity contribution in [2.24, 2.45) is 0 Å². The van der Waals surface area contributed by atoms with E-state index in [-0.39, 0.29) is 0 Å². The van der Waals surface area contributed by atoms with E-state index < -0.39 is 0 Å². The Bertz CT molecular complexity index is 1040. The Morgan fingerprint density at radius 1 is 0.778 bits per heavy atom. The normalized spacial score (nSPS) is 14.9. The molecule has 0 N–H and O–H groups in total.